The number of fused-ring (bicyclic) bond motifs is 1. The van der Waals surface area contributed by atoms with Crippen molar-refractivity contribution in [1.29, 1.82) is 0 Å². The Hall–Kier alpha value is -0.711. The molecule has 2 bridgehead atoms. The van der Waals surface area contributed by atoms with Crippen molar-refractivity contribution in [3.8, 4) is 0 Å². The Morgan fingerprint density at radius 3 is 2.79 bits per heavy atom. The van der Waals surface area contributed by atoms with Gasteiger partial charge in [0, 0.05) is 0 Å². The van der Waals surface area contributed by atoms with Crippen molar-refractivity contribution in [3.05, 3.63) is 30.3 Å². The maximum atomic E-state index is 6.30. The van der Waals surface area contributed by atoms with Crippen LogP contribution in [-0.2, 0) is 14.2 Å². The van der Waals surface area contributed by atoms with Crippen molar-refractivity contribution < 1.29 is 14.2 Å². The summed E-state index contributed by atoms with van der Waals surface area (Å²) < 4.78 is 19.1. The second-order valence-corrected chi connectivity index (χ2v) is 9.68. The van der Waals surface area contributed by atoms with Crippen molar-refractivity contribution in [2.75, 3.05) is 13.2 Å². The van der Waals surface area contributed by atoms with Gasteiger partial charge in [0.15, 0.2) is 0 Å². The molecule has 0 N–H and O–H groups in total. The molecule has 128 valence electrons. The third-order valence-corrected chi connectivity index (χ3v) is 8.48. The van der Waals surface area contributed by atoms with Gasteiger partial charge in [0.2, 0.25) is 0 Å². The van der Waals surface area contributed by atoms with Crippen LogP contribution in [0.2, 0.25) is 4.82 Å². The molecule has 4 aliphatic heterocycles. The first-order valence-corrected chi connectivity index (χ1v) is 10.9. The molecule has 4 nitrogen and oxygen atoms in total. The van der Waals surface area contributed by atoms with Crippen LogP contribution >= 0.6 is 0 Å². The van der Waals surface area contributed by atoms with Crippen molar-refractivity contribution in [2.45, 2.75) is 55.0 Å². The summed E-state index contributed by atoms with van der Waals surface area (Å²) in [6.07, 6.45) is 4.89. The average molecular weight is 392 g/mol. The van der Waals surface area contributed by atoms with Gasteiger partial charge in [-0.15, -0.1) is 0 Å². The zero-order chi connectivity index (χ0) is 15.9. The zero-order valence-corrected chi connectivity index (χ0v) is 15.4. The van der Waals surface area contributed by atoms with Crippen molar-refractivity contribution in [1.82, 2.24) is 0 Å². The summed E-state index contributed by atoms with van der Waals surface area (Å²) in [6, 6.07) is 11.3. The number of hydrogen-bond acceptors (Lipinski definition) is 4. The van der Waals surface area contributed by atoms with Gasteiger partial charge < -0.3 is 0 Å². The van der Waals surface area contributed by atoms with Crippen LogP contribution in [0.15, 0.2) is 35.3 Å². The van der Waals surface area contributed by atoms with Crippen LogP contribution in [-0.4, -0.2) is 58.4 Å². The minimum absolute atomic E-state index is 0.0258. The van der Waals surface area contributed by atoms with Gasteiger partial charge in [0.05, 0.1) is 0 Å². The van der Waals surface area contributed by atoms with Gasteiger partial charge in [0.1, 0.15) is 0 Å². The molecule has 0 amide bonds. The summed E-state index contributed by atoms with van der Waals surface area (Å²) in [4.78, 5) is 5.74. The van der Waals surface area contributed by atoms with E-state index in [0.29, 0.717) is 43.9 Å². The van der Waals surface area contributed by atoms with E-state index in [0.717, 1.165) is 32.5 Å². The molecule has 0 unspecified atom stereocenters. The molecule has 1 aromatic rings. The molecule has 0 spiro atoms. The molecule has 3 fully saturated rings. The fourth-order valence-corrected chi connectivity index (χ4v) is 7.20. The van der Waals surface area contributed by atoms with Crippen LogP contribution in [0.5, 0.6) is 0 Å². The molecule has 24 heavy (non-hydrogen) atoms. The number of nitrogens with zero attached hydrogens (tertiary/aromatic N) is 1. The van der Waals surface area contributed by atoms with E-state index in [1.165, 1.54) is 16.6 Å². The van der Waals surface area contributed by atoms with E-state index in [1.54, 1.807) is 0 Å². The topological polar surface area (TPSA) is 40.0 Å². The second kappa shape index (κ2) is 6.54. The van der Waals surface area contributed by atoms with E-state index in [2.05, 4.69) is 30.3 Å². The SMILES string of the molecule is c1ccc([Se][C@@H]2[C@H]3N=C(CCC4OCCCO4)[C@H]4C[C@@H]2O[C@@H]34)cc1. The Morgan fingerprint density at radius 1 is 1.12 bits per heavy atom. The van der Waals surface area contributed by atoms with Gasteiger partial charge in [-0.3, -0.25) is 0 Å². The Bertz CT molecular complexity index is 616. The predicted molar refractivity (Wildman–Crippen MR) is 93.1 cm³/mol. The van der Waals surface area contributed by atoms with Crippen LogP contribution in [0.1, 0.15) is 25.7 Å². The monoisotopic (exact) mass is 393 g/mol. The Morgan fingerprint density at radius 2 is 1.96 bits per heavy atom. The van der Waals surface area contributed by atoms with Crippen LogP contribution in [0.3, 0.4) is 0 Å². The summed E-state index contributed by atoms with van der Waals surface area (Å²) >= 11 is 0.449. The Kier molecular flexibility index (Phi) is 4.24. The van der Waals surface area contributed by atoms with Crippen LogP contribution < -0.4 is 4.46 Å². The fourth-order valence-electron chi connectivity index (χ4n) is 4.45. The summed E-state index contributed by atoms with van der Waals surface area (Å²) in [5.41, 5.74) is 1.37. The molecular formula is C19H23NO3Se. The predicted octanol–water partition coefficient (Wildman–Crippen LogP) is 1.96. The molecule has 1 aromatic carbocycles. The Labute approximate surface area is 149 Å². The molecule has 4 aliphatic rings. The number of hydrogen-bond donors (Lipinski definition) is 0. The zero-order valence-electron chi connectivity index (χ0n) is 13.7. The fraction of sp³-hybridized carbons (Fsp3) is 0.632. The van der Waals surface area contributed by atoms with E-state index in [4.69, 9.17) is 19.2 Å². The van der Waals surface area contributed by atoms with Gasteiger partial charge >= 0.3 is 149 Å². The third kappa shape index (κ3) is 2.77. The van der Waals surface area contributed by atoms with E-state index in [-0.39, 0.29) is 6.29 Å². The molecular weight excluding hydrogens is 369 g/mol. The van der Waals surface area contributed by atoms with Gasteiger partial charge in [-0.1, -0.05) is 0 Å². The molecule has 3 saturated heterocycles. The molecule has 0 aliphatic carbocycles. The number of rotatable bonds is 5. The van der Waals surface area contributed by atoms with E-state index >= 15 is 0 Å². The number of ether oxygens (including phenoxy) is 3. The normalized spacial score (nSPS) is 37.8. The van der Waals surface area contributed by atoms with Crippen molar-refractivity contribution in [3.63, 3.8) is 0 Å². The summed E-state index contributed by atoms with van der Waals surface area (Å²) in [6.45, 7) is 1.66. The van der Waals surface area contributed by atoms with Gasteiger partial charge in [-0.05, 0) is 0 Å². The third-order valence-electron chi connectivity index (χ3n) is 5.54. The van der Waals surface area contributed by atoms with Crippen LogP contribution in [0.4, 0.5) is 0 Å². The first kappa shape index (κ1) is 15.5. The number of benzene rings is 1. The molecule has 5 atom stereocenters. The summed E-state index contributed by atoms with van der Waals surface area (Å²) in [7, 11) is 0. The van der Waals surface area contributed by atoms with Gasteiger partial charge in [0.25, 0.3) is 0 Å². The van der Waals surface area contributed by atoms with Crippen molar-refractivity contribution >= 4 is 25.1 Å². The molecule has 5 heteroatoms. The van der Waals surface area contributed by atoms with E-state index < -0.39 is 0 Å². The average Bonchev–Trinajstić information content (AvgIpc) is 3.25. The summed E-state index contributed by atoms with van der Waals surface area (Å²) in [5, 5.41) is 0. The van der Waals surface area contributed by atoms with E-state index in [9.17, 15) is 0 Å². The second-order valence-electron chi connectivity index (χ2n) is 7.05. The molecule has 5 rings (SSSR count). The van der Waals surface area contributed by atoms with Crippen LogP contribution in [0.25, 0.3) is 0 Å². The maximum absolute atomic E-state index is 6.30. The van der Waals surface area contributed by atoms with Crippen LogP contribution in [0, 0.1) is 5.92 Å². The first-order valence-electron chi connectivity index (χ1n) is 9.05. The van der Waals surface area contributed by atoms with Crippen molar-refractivity contribution in [2.24, 2.45) is 10.9 Å². The van der Waals surface area contributed by atoms with Gasteiger partial charge in [-0.2, -0.15) is 0 Å². The minimum atomic E-state index is -0.0258. The number of aliphatic imine (C=N–C) groups is 1. The molecule has 0 radical (unpaired) electrons. The quantitative estimate of drug-likeness (QED) is 0.720. The molecule has 0 aromatic heterocycles. The molecule has 4 heterocycles. The first-order chi connectivity index (χ1) is 11.9. The van der Waals surface area contributed by atoms with E-state index in [1.807, 2.05) is 0 Å². The molecule has 0 saturated carbocycles. The Balaban J connectivity index is 1.25. The standard InChI is InChI=1S/C19H23NO3Se/c1-2-5-12(6-3-1)24-19-15-11-13-14(20-17(19)18(13)23-15)7-8-16-21-9-4-10-22-16/h1-3,5-6,13,15-19H,4,7-11H2/t13-,15+,17+,18-,19+/m1/s1. The van der Waals surface area contributed by atoms with Gasteiger partial charge in [-0.25, -0.2) is 0 Å². The summed E-state index contributed by atoms with van der Waals surface area (Å²) in [5.74, 6) is 0.561.